The molecule has 0 spiro atoms. The number of rotatable bonds is 0. The molecule has 1 N–H and O–H groups in total. The van der Waals surface area contributed by atoms with Crippen LogP contribution in [0.4, 0.5) is 8.78 Å². The second-order valence-corrected chi connectivity index (χ2v) is 2.97. The number of nitriles is 1. The van der Waals surface area contributed by atoms with Crippen molar-refractivity contribution in [2.45, 2.75) is 0 Å². The van der Waals surface area contributed by atoms with Gasteiger partial charge in [0, 0.05) is 11.5 Å². The predicted octanol–water partition coefficient (Wildman–Crippen LogP) is 1.68. The fraction of sp³-hybridized carbons (Fsp3) is 0. The van der Waals surface area contributed by atoms with Crippen molar-refractivity contribution >= 4 is 10.9 Å². The van der Waals surface area contributed by atoms with Gasteiger partial charge in [-0.2, -0.15) is 5.26 Å². The molecule has 3 nitrogen and oxygen atoms in total. The number of hydrogen-bond acceptors (Lipinski definition) is 2. The summed E-state index contributed by atoms with van der Waals surface area (Å²) >= 11 is 0. The van der Waals surface area contributed by atoms with E-state index in [-0.39, 0.29) is 16.5 Å². The van der Waals surface area contributed by atoms with Gasteiger partial charge in [-0.3, -0.25) is 4.79 Å². The van der Waals surface area contributed by atoms with Gasteiger partial charge in [0.25, 0.3) is 5.56 Å². The summed E-state index contributed by atoms with van der Waals surface area (Å²) < 4.78 is 26.0. The van der Waals surface area contributed by atoms with Gasteiger partial charge in [-0.05, 0) is 12.1 Å². The van der Waals surface area contributed by atoms with Gasteiger partial charge < -0.3 is 4.98 Å². The Kier molecular flexibility index (Phi) is 1.97. The lowest BCUT2D eigenvalue weighted by Crippen LogP contribution is -2.10. The fourth-order valence-electron chi connectivity index (χ4n) is 1.32. The van der Waals surface area contributed by atoms with Crippen LogP contribution < -0.4 is 5.56 Å². The normalized spacial score (nSPS) is 10.2. The number of aromatic amines is 1. The van der Waals surface area contributed by atoms with Gasteiger partial charge in [-0.25, -0.2) is 8.78 Å². The molecule has 0 radical (unpaired) electrons. The molecule has 0 amide bonds. The van der Waals surface area contributed by atoms with Crippen molar-refractivity contribution in [1.29, 1.82) is 5.26 Å². The first-order valence-electron chi connectivity index (χ1n) is 4.04. The molecule has 15 heavy (non-hydrogen) atoms. The molecule has 74 valence electrons. The monoisotopic (exact) mass is 206 g/mol. The number of fused-ring (bicyclic) bond motifs is 1. The van der Waals surface area contributed by atoms with Gasteiger partial charge in [0.1, 0.15) is 23.3 Å². The van der Waals surface area contributed by atoms with Crippen LogP contribution in [-0.2, 0) is 0 Å². The third-order valence-electron chi connectivity index (χ3n) is 2.00. The first-order valence-corrected chi connectivity index (χ1v) is 4.04. The zero-order chi connectivity index (χ0) is 11.0. The van der Waals surface area contributed by atoms with Crippen LogP contribution in [0.1, 0.15) is 5.56 Å². The zero-order valence-electron chi connectivity index (χ0n) is 7.34. The molecule has 0 fully saturated rings. The summed E-state index contributed by atoms with van der Waals surface area (Å²) in [6.07, 6.45) is 0. The lowest BCUT2D eigenvalue weighted by atomic mass is 10.1. The van der Waals surface area contributed by atoms with Crippen molar-refractivity contribution < 1.29 is 8.78 Å². The quantitative estimate of drug-likeness (QED) is 0.712. The van der Waals surface area contributed by atoms with E-state index in [9.17, 15) is 13.6 Å². The number of H-pyrrole nitrogens is 1. The Bertz CT molecular complexity index is 640. The van der Waals surface area contributed by atoms with E-state index in [0.717, 1.165) is 12.1 Å². The van der Waals surface area contributed by atoms with Crippen LogP contribution >= 0.6 is 0 Å². The molecule has 2 rings (SSSR count). The summed E-state index contributed by atoms with van der Waals surface area (Å²) in [5.41, 5.74) is -0.820. The van der Waals surface area contributed by atoms with Gasteiger partial charge in [-0.15, -0.1) is 0 Å². The van der Waals surface area contributed by atoms with E-state index in [1.165, 1.54) is 0 Å². The average molecular weight is 206 g/mol. The lowest BCUT2D eigenvalue weighted by molar-refractivity contribution is 0.591. The van der Waals surface area contributed by atoms with E-state index in [0.29, 0.717) is 6.07 Å². The Morgan fingerprint density at radius 3 is 2.67 bits per heavy atom. The summed E-state index contributed by atoms with van der Waals surface area (Å²) in [6, 6.07) is 4.42. The Morgan fingerprint density at radius 1 is 1.27 bits per heavy atom. The Labute approximate surface area is 82.6 Å². The topological polar surface area (TPSA) is 56.6 Å². The maximum absolute atomic E-state index is 13.2. The van der Waals surface area contributed by atoms with E-state index >= 15 is 0 Å². The van der Waals surface area contributed by atoms with E-state index in [2.05, 4.69) is 4.98 Å². The molecule has 0 saturated carbocycles. The Morgan fingerprint density at radius 2 is 2.00 bits per heavy atom. The van der Waals surface area contributed by atoms with Gasteiger partial charge in [-0.1, -0.05) is 0 Å². The van der Waals surface area contributed by atoms with Gasteiger partial charge in [0.05, 0.1) is 5.52 Å². The molecule has 1 aromatic carbocycles. The van der Waals surface area contributed by atoms with Crippen LogP contribution in [0.2, 0.25) is 0 Å². The van der Waals surface area contributed by atoms with Crippen molar-refractivity contribution in [3.63, 3.8) is 0 Å². The number of hydrogen-bond donors (Lipinski definition) is 1. The Balaban J connectivity index is 2.95. The lowest BCUT2D eigenvalue weighted by Gasteiger charge is -1.99. The second kappa shape index (κ2) is 3.17. The van der Waals surface area contributed by atoms with Crippen molar-refractivity contribution in [1.82, 2.24) is 4.98 Å². The minimum absolute atomic E-state index is 0.0209. The molecule has 0 aliphatic carbocycles. The summed E-state index contributed by atoms with van der Waals surface area (Å²) in [4.78, 5) is 13.4. The molecular weight excluding hydrogens is 202 g/mol. The minimum atomic E-state index is -0.808. The highest BCUT2D eigenvalue weighted by Crippen LogP contribution is 2.16. The third kappa shape index (κ3) is 1.46. The van der Waals surface area contributed by atoms with Crippen LogP contribution in [0, 0.1) is 23.0 Å². The predicted molar refractivity (Wildman–Crippen MR) is 49.2 cm³/mol. The number of pyridine rings is 1. The van der Waals surface area contributed by atoms with Crippen molar-refractivity contribution in [2.24, 2.45) is 0 Å². The first-order chi connectivity index (χ1) is 7.11. The fourth-order valence-corrected chi connectivity index (χ4v) is 1.32. The van der Waals surface area contributed by atoms with Crippen LogP contribution in [-0.4, -0.2) is 4.98 Å². The molecule has 0 aliphatic heterocycles. The largest absolute Gasteiger partial charge is 0.321 e. The molecule has 1 aromatic heterocycles. The first kappa shape index (κ1) is 9.34. The smallest absolute Gasteiger partial charge is 0.266 e. The van der Waals surface area contributed by atoms with Crippen LogP contribution in [0.25, 0.3) is 10.9 Å². The standard InChI is InChI=1S/C10H4F2N2O/c11-6-2-8(12)7-1-5(4-13)10(15)14-9(7)3-6/h1-3H,(H,14,15). The Hall–Kier alpha value is -2.22. The van der Waals surface area contributed by atoms with Crippen LogP contribution in [0.3, 0.4) is 0 Å². The maximum Gasteiger partial charge on any atom is 0.266 e. The highest BCUT2D eigenvalue weighted by molar-refractivity contribution is 5.80. The number of aromatic nitrogens is 1. The summed E-state index contributed by atoms with van der Waals surface area (Å²) in [5, 5.41) is 8.58. The summed E-state index contributed by atoms with van der Waals surface area (Å²) in [5.74, 6) is -1.59. The number of halogens is 2. The molecule has 0 saturated heterocycles. The zero-order valence-corrected chi connectivity index (χ0v) is 7.34. The minimum Gasteiger partial charge on any atom is -0.321 e. The van der Waals surface area contributed by atoms with E-state index in [4.69, 9.17) is 5.26 Å². The number of nitrogens with zero attached hydrogens (tertiary/aromatic N) is 1. The molecule has 2 aromatic rings. The van der Waals surface area contributed by atoms with Crippen molar-refractivity contribution in [3.8, 4) is 6.07 Å². The van der Waals surface area contributed by atoms with Gasteiger partial charge in [0.2, 0.25) is 0 Å². The molecule has 0 aliphatic rings. The van der Waals surface area contributed by atoms with E-state index in [1.54, 1.807) is 6.07 Å². The van der Waals surface area contributed by atoms with E-state index in [1.807, 2.05) is 0 Å². The summed E-state index contributed by atoms with van der Waals surface area (Å²) in [6.45, 7) is 0. The highest BCUT2D eigenvalue weighted by atomic mass is 19.1. The van der Waals surface area contributed by atoms with Crippen LogP contribution in [0.5, 0.6) is 0 Å². The molecule has 0 atom stereocenters. The third-order valence-corrected chi connectivity index (χ3v) is 2.00. The second-order valence-electron chi connectivity index (χ2n) is 2.97. The average Bonchev–Trinajstić information content (AvgIpc) is 2.16. The van der Waals surface area contributed by atoms with Gasteiger partial charge >= 0.3 is 0 Å². The molecular formula is C10H4F2N2O. The molecule has 1 heterocycles. The van der Waals surface area contributed by atoms with Crippen molar-refractivity contribution in [3.05, 3.63) is 45.8 Å². The number of benzene rings is 1. The molecule has 5 heteroatoms. The maximum atomic E-state index is 13.2. The highest BCUT2D eigenvalue weighted by Gasteiger charge is 2.07. The van der Waals surface area contributed by atoms with Gasteiger partial charge in [0.15, 0.2) is 0 Å². The molecule has 0 bridgehead atoms. The molecule has 0 unspecified atom stereocenters. The SMILES string of the molecule is N#Cc1cc2c(F)cc(F)cc2[nH]c1=O. The van der Waals surface area contributed by atoms with Crippen molar-refractivity contribution in [2.75, 3.05) is 0 Å². The van der Waals surface area contributed by atoms with E-state index < -0.39 is 17.2 Å². The summed E-state index contributed by atoms with van der Waals surface area (Å²) in [7, 11) is 0. The number of nitrogens with one attached hydrogen (secondary N) is 1. The van der Waals surface area contributed by atoms with Crippen LogP contribution in [0.15, 0.2) is 23.0 Å².